The van der Waals surface area contributed by atoms with Gasteiger partial charge in [0.15, 0.2) is 6.61 Å². The molecule has 2 N–H and O–H groups in total. The van der Waals surface area contributed by atoms with Crippen molar-refractivity contribution in [1.82, 2.24) is 0 Å². The predicted molar refractivity (Wildman–Crippen MR) is 98.2 cm³/mol. The molecule has 5 nitrogen and oxygen atoms in total. The van der Waals surface area contributed by atoms with Gasteiger partial charge in [0.2, 0.25) is 5.91 Å². The maximum absolute atomic E-state index is 12.0. The van der Waals surface area contributed by atoms with Crippen LogP contribution in [-0.2, 0) is 9.59 Å². The summed E-state index contributed by atoms with van der Waals surface area (Å²) in [7, 11) is 0. The molecule has 0 radical (unpaired) electrons. The molecular formula is C18H19BrN2O3. The SMILES string of the molecule is CC(C)C(=O)Nc1cccc(NC(=O)COc2ccc(Br)cc2)c1. The van der Waals surface area contributed by atoms with Crippen molar-refractivity contribution in [2.75, 3.05) is 17.2 Å². The van der Waals surface area contributed by atoms with E-state index in [1.54, 1.807) is 36.4 Å². The number of ether oxygens (including phenoxy) is 1. The first-order chi connectivity index (χ1) is 11.4. The van der Waals surface area contributed by atoms with Crippen LogP contribution in [0, 0.1) is 5.92 Å². The number of hydrogen-bond acceptors (Lipinski definition) is 3. The van der Waals surface area contributed by atoms with Crippen molar-refractivity contribution in [2.24, 2.45) is 5.92 Å². The highest BCUT2D eigenvalue weighted by molar-refractivity contribution is 9.10. The zero-order chi connectivity index (χ0) is 17.5. The second-order valence-electron chi connectivity index (χ2n) is 5.52. The molecular weight excluding hydrogens is 372 g/mol. The molecule has 0 spiro atoms. The average Bonchev–Trinajstić information content (AvgIpc) is 2.54. The average molecular weight is 391 g/mol. The summed E-state index contributed by atoms with van der Waals surface area (Å²) in [6.07, 6.45) is 0. The van der Waals surface area contributed by atoms with Gasteiger partial charge in [-0.3, -0.25) is 9.59 Å². The number of nitrogens with one attached hydrogen (secondary N) is 2. The van der Waals surface area contributed by atoms with Crippen molar-refractivity contribution in [3.8, 4) is 5.75 Å². The molecule has 2 rings (SSSR count). The fraction of sp³-hybridized carbons (Fsp3) is 0.222. The molecule has 2 amide bonds. The lowest BCUT2D eigenvalue weighted by molar-refractivity contribution is -0.119. The summed E-state index contributed by atoms with van der Waals surface area (Å²) in [5, 5.41) is 5.53. The van der Waals surface area contributed by atoms with Gasteiger partial charge in [-0.15, -0.1) is 0 Å². The third-order valence-electron chi connectivity index (χ3n) is 3.12. The third kappa shape index (κ3) is 5.70. The summed E-state index contributed by atoms with van der Waals surface area (Å²) in [5.41, 5.74) is 1.24. The molecule has 0 aromatic heterocycles. The van der Waals surface area contributed by atoms with Crippen molar-refractivity contribution < 1.29 is 14.3 Å². The van der Waals surface area contributed by atoms with Crippen LogP contribution in [0.25, 0.3) is 0 Å². The van der Waals surface area contributed by atoms with Crippen molar-refractivity contribution in [2.45, 2.75) is 13.8 Å². The van der Waals surface area contributed by atoms with Gasteiger partial charge in [0, 0.05) is 21.8 Å². The number of halogens is 1. The maximum Gasteiger partial charge on any atom is 0.262 e. The second-order valence-corrected chi connectivity index (χ2v) is 6.43. The van der Waals surface area contributed by atoms with Crippen molar-refractivity contribution in [1.29, 1.82) is 0 Å². The van der Waals surface area contributed by atoms with Gasteiger partial charge < -0.3 is 15.4 Å². The lowest BCUT2D eigenvalue weighted by Crippen LogP contribution is -2.20. The van der Waals surface area contributed by atoms with Crippen LogP contribution < -0.4 is 15.4 Å². The van der Waals surface area contributed by atoms with Crippen molar-refractivity contribution in [3.63, 3.8) is 0 Å². The molecule has 0 fully saturated rings. The molecule has 6 heteroatoms. The van der Waals surface area contributed by atoms with E-state index in [9.17, 15) is 9.59 Å². The normalized spacial score (nSPS) is 10.3. The Balaban J connectivity index is 1.89. The molecule has 0 saturated carbocycles. The number of carbonyl (C=O) groups is 2. The van der Waals surface area contributed by atoms with Crippen LogP contribution in [0.15, 0.2) is 53.0 Å². The van der Waals surface area contributed by atoms with E-state index in [-0.39, 0.29) is 24.3 Å². The van der Waals surface area contributed by atoms with E-state index in [0.717, 1.165) is 4.47 Å². The molecule has 0 aliphatic heterocycles. The first-order valence-corrected chi connectivity index (χ1v) is 8.32. The van der Waals surface area contributed by atoms with Gasteiger partial charge in [-0.2, -0.15) is 0 Å². The zero-order valence-corrected chi connectivity index (χ0v) is 15.1. The highest BCUT2D eigenvalue weighted by Gasteiger charge is 2.08. The van der Waals surface area contributed by atoms with Gasteiger partial charge in [-0.25, -0.2) is 0 Å². The standard InChI is InChI=1S/C18H19BrN2O3/c1-12(2)18(23)21-15-5-3-4-14(10-15)20-17(22)11-24-16-8-6-13(19)7-9-16/h3-10,12H,11H2,1-2H3,(H,20,22)(H,21,23). The van der Waals surface area contributed by atoms with E-state index in [1.807, 2.05) is 26.0 Å². The summed E-state index contributed by atoms with van der Waals surface area (Å²) in [5.74, 6) is 0.163. The molecule has 0 heterocycles. The van der Waals surface area contributed by atoms with Gasteiger partial charge in [0.25, 0.3) is 5.91 Å². The molecule has 0 atom stereocenters. The van der Waals surface area contributed by atoms with Gasteiger partial charge in [-0.1, -0.05) is 35.8 Å². The van der Waals surface area contributed by atoms with E-state index >= 15 is 0 Å². The fourth-order valence-electron chi connectivity index (χ4n) is 1.84. The Hall–Kier alpha value is -2.34. The van der Waals surface area contributed by atoms with Gasteiger partial charge in [-0.05, 0) is 42.5 Å². The van der Waals surface area contributed by atoms with Crippen LogP contribution in [0.5, 0.6) is 5.75 Å². The quantitative estimate of drug-likeness (QED) is 0.781. The van der Waals surface area contributed by atoms with Crippen LogP contribution in [-0.4, -0.2) is 18.4 Å². The zero-order valence-electron chi connectivity index (χ0n) is 13.5. The maximum atomic E-state index is 12.0. The molecule has 0 unspecified atom stereocenters. The van der Waals surface area contributed by atoms with Crippen LogP contribution in [0.1, 0.15) is 13.8 Å². The fourth-order valence-corrected chi connectivity index (χ4v) is 2.10. The molecule has 0 bridgehead atoms. The Labute approximate surface area is 149 Å². The lowest BCUT2D eigenvalue weighted by Gasteiger charge is -2.11. The number of benzene rings is 2. The minimum absolute atomic E-state index is 0.0722. The molecule has 2 aromatic rings. The van der Waals surface area contributed by atoms with E-state index in [0.29, 0.717) is 17.1 Å². The van der Waals surface area contributed by atoms with Gasteiger partial charge >= 0.3 is 0 Å². The monoisotopic (exact) mass is 390 g/mol. The Kier molecular flexibility index (Phi) is 6.37. The van der Waals surface area contributed by atoms with Crippen molar-refractivity contribution >= 4 is 39.1 Å². The third-order valence-corrected chi connectivity index (χ3v) is 3.65. The summed E-state index contributed by atoms with van der Waals surface area (Å²) in [6, 6.07) is 14.2. The van der Waals surface area contributed by atoms with Crippen LogP contribution in [0.2, 0.25) is 0 Å². The number of amides is 2. The molecule has 0 aliphatic rings. The molecule has 126 valence electrons. The number of rotatable bonds is 6. The molecule has 2 aromatic carbocycles. The van der Waals surface area contributed by atoms with Gasteiger partial charge in [0.1, 0.15) is 5.75 Å². The topological polar surface area (TPSA) is 67.4 Å². The largest absolute Gasteiger partial charge is 0.484 e. The number of anilines is 2. The van der Waals surface area contributed by atoms with E-state index in [4.69, 9.17) is 4.74 Å². The Bertz CT molecular complexity index is 714. The first-order valence-electron chi connectivity index (χ1n) is 7.53. The predicted octanol–water partition coefficient (Wildman–Crippen LogP) is 4.06. The highest BCUT2D eigenvalue weighted by Crippen LogP contribution is 2.17. The number of hydrogen-bond donors (Lipinski definition) is 2. The van der Waals surface area contributed by atoms with Crippen molar-refractivity contribution in [3.05, 3.63) is 53.0 Å². The summed E-state index contributed by atoms with van der Waals surface area (Å²) in [4.78, 5) is 23.7. The van der Waals surface area contributed by atoms with Gasteiger partial charge in [0.05, 0.1) is 0 Å². The number of carbonyl (C=O) groups excluding carboxylic acids is 2. The summed E-state index contributed by atoms with van der Waals surface area (Å²) in [6.45, 7) is 3.55. The highest BCUT2D eigenvalue weighted by atomic mass is 79.9. The Morgan fingerprint density at radius 3 is 2.29 bits per heavy atom. The smallest absolute Gasteiger partial charge is 0.262 e. The minimum Gasteiger partial charge on any atom is -0.484 e. The molecule has 0 aliphatic carbocycles. The lowest BCUT2D eigenvalue weighted by atomic mass is 10.2. The molecule has 24 heavy (non-hydrogen) atoms. The second kappa shape index (κ2) is 8.49. The summed E-state index contributed by atoms with van der Waals surface area (Å²) < 4.78 is 6.36. The van der Waals surface area contributed by atoms with Crippen LogP contribution in [0.3, 0.4) is 0 Å². The van der Waals surface area contributed by atoms with E-state index < -0.39 is 0 Å². The Morgan fingerprint density at radius 1 is 1.04 bits per heavy atom. The van der Waals surface area contributed by atoms with Crippen LogP contribution >= 0.6 is 15.9 Å². The molecule has 0 saturated heterocycles. The minimum atomic E-state index is -0.273. The van der Waals surface area contributed by atoms with E-state index in [1.165, 1.54) is 0 Å². The Morgan fingerprint density at radius 2 is 1.67 bits per heavy atom. The van der Waals surface area contributed by atoms with Crippen LogP contribution in [0.4, 0.5) is 11.4 Å². The summed E-state index contributed by atoms with van der Waals surface area (Å²) >= 11 is 3.34. The first kappa shape index (κ1) is 18.0. The van der Waals surface area contributed by atoms with E-state index in [2.05, 4.69) is 26.6 Å².